The fraction of sp³-hybridized carbons (Fsp3) is 0.706. The van der Waals surface area contributed by atoms with Crippen LogP contribution in [0.5, 0.6) is 0 Å². The summed E-state index contributed by atoms with van der Waals surface area (Å²) in [5.74, 6) is 1.20. The average Bonchev–Trinajstić information content (AvgIpc) is 3.12. The van der Waals surface area contributed by atoms with E-state index in [-0.39, 0.29) is 23.8 Å². The number of carbonyl (C=O) groups excluding carboxylic acids is 2. The van der Waals surface area contributed by atoms with Gasteiger partial charge in [-0.3, -0.25) is 14.7 Å². The third kappa shape index (κ3) is 3.57. The van der Waals surface area contributed by atoms with Crippen LogP contribution in [-0.4, -0.2) is 39.5 Å². The molecule has 1 aliphatic heterocycles. The summed E-state index contributed by atoms with van der Waals surface area (Å²) in [6.45, 7) is 4.89. The highest BCUT2D eigenvalue weighted by atomic mass is 16.2. The molecule has 6 heteroatoms. The Hall–Kier alpha value is -1.85. The second kappa shape index (κ2) is 6.72. The van der Waals surface area contributed by atoms with Crippen molar-refractivity contribution in [2.75, 3.05) is 11.9 Å². The van der Waals surface area contributed by atoms with E-state index < -0.39 is 0 Å². The monoisotopic (exact) mass is 318 g/mol. The second-order valence-electron chi connectivity index (χ2n) is 6.88. The number of carbonyl (C=O) groups is 2. The maximum atomic E-state index is 12.6. The van der Waals surface area contributed by atoms with Gasteiger partial charge in [0.05, 0.1) is 0 Å². The molecule has 1 saturated heterocycles. The van der Waals surface area contributed by atoms with E-state index in [1.807, 2.05) is 6.07 Å². The second-order valence-corrected chi connectivity index (χ2v) is 6.88. The van der Waals surface area contributed by atoms with Gasteiger partial charge >= 0.3 is 0 Å². The molecule has 2 fully saturated rings. The number of aromatic nitrogens is 2. The van der Waals surface area contributed by atoms with Crippen molar-refractivity contribution in [2.24, 2.45) is 11.8 Å². The predicted octanol–water partition coefficient (Wildman–Crippen LogP) is 2.34. The van der Waals surface area contributed by atoms with Crippen LogP contribution >= 0.6 is 0 Å². The van der Waals surface area contributed by atoms with E-state index in [1.165, 1.54) is 0 Å². The molecule has 2 N–H and O–H groups in total. The number of H-pyrrole nitrogens is 1. The minimum absolute atomic E-state index is 0.110. The van der Waals surface area contributed by atoms with Crippen LogP contribution in [-0.2, 0) is 16.0 Å². The zero-order valence-electron chi connectivity index (χ0n) is 14.0. The van der Waals surface area contributed by atoms with Crippen LogP contribution < -0.4 is 5.32 Å². The van der Waals surface area contributed by atoms with Crippen molar-refractivity contribution < 1.29 is 9.59 Å². The molecule has 3 rings (SSSR count). The Morgan fingerprint density at radius 1 is 1.43 bits per heavy atom. The van der Waals surface area contributed by atoms with Gasteiger partial charge < -0.3 is 10.2 Å². The topological polar surface area (TPSA) is 78.1 Å². The van der Waals surface area contributed by atoms with Crippen molar-refractivity contribution in [2.45, 2.75) is 58.4 Å². The Balaban J connectivity index is 1.64. The van der Waals surface area contributed by atoms with Gasteiger partial charge in [-0.2, -0.15) is 5.10 Å². The van der Waals surface area contributed by atoms with Crippen LogP contribution in [0.3, 0.4) is 0 Å². The van der Waals surface area contributed by atoms with Crippen molar-refractivity contribution >= 4 is 17.6 Å². The Morgan fingerprint density at radius 3 is 2.91 bits per heavy atom. The Labute approximate surface area is 137 Å². The van der Waals surface area contributed by atoms with Gasteiger partial charge in [0.1, 0.15) is 6.04 Å². The largest absolute Gasteiger partial charge is 0.330 e. The fourth-order valence-corrected chi connectivity index (χ4v) is 3.38. The lowest BCUT2D eigenvalue weighted by atomic mass is 10.0. The third-order valence-corrected chi connectivity index (χ3v) is 4.92. The quantitative estimate of drug-likeness (QED) is 0.874. The lowest BCUT2D eigenvalue weighted by Crippen LogP contribution is -2.50. The SMILES string of the molecule is CCCc1cc(NC(=O)C2CCCCN2C(=O)C2CC2C)n[nH]1. The number of aryl methyl sites for hydroxylation is 1. The maximum Gasteiger partial charge on any atom is 0.248 e. The number of aromatic amines is 1. The van der Waals surface area contributed by atoms with Crippen LogP contribution in [0.4, 0.5) is 5.82 Å². The summed E-state index contributed by atoms with van der Waals surface area (Å²) in [5.41, 5.74) is 1.02. The smallest absolute Gasteiger partial charge is 0.248 e. The van der Waals surface area contributed by atoms with Gasteiger partial charge in [0.15, 0.2) is 5.82 Å². The molecular weight excluding hydrogens is 292 g/mol. The Bertz CT molecular complexity index is 583. The van der Waals surface area contributed by atoms with Gasteiger partial charge in [0, 0.05) is 24.2 Å². The first-order valence-corrected chi connectivity index (χ1v) is 8.75. The molecule has 3 atom stereocenters. The first-order chi connectivity index (χ1) is 11.1. The summed E-state index contributed by atoms with van der Waals surface area (Å²) >= 11 is 0. The molecule has 0 spiro atoms. The number of likely N-dealkylation sites (tertiary alicyclic amines) is 1. The fourth-order valence-electron chi connectivity index (χ4n) is 3.38. The number of nitrogens with one attached hydrogen (secondary N) is 2. The molecule has 3 unspecified atom stereocenters. The molecule has 0 bridgehead atoms. The Morgan fingerprint density at radius 2 is 2.22 bits per heavy atom. The first-order valence-electron chi connectivity index (χ1n) is 8.75. The van der Waals surface area contributed by atoms with Crippen LogP contribution in [0.2, 0.25) is 0 Å². The minimum Gasteiger partial charge on any atom is -0.330 e. The molecule has 23 heavy (non-hydrogen) atoms. The number of piperidine rings is 1. The molecule has 6 nitrogen and oxygen atoms in total. The molecule has 1 aliphatic carbocycles. The van der Waals surface area contributed by atoms with Crippen LogP contribution in [0.1, 0.15) is 51.6 Å². The first kappa shape index (κ1) is 16.0. The molecule has 2 heterocycles. The van der Waals surface area contributed by atoms with Gasteiger partial charge in [0.2, 0.25) is 11.8 Å². The van der Waals surface area contributed by atoms with E-state index in [9.17, 15) is 9.59 Å². The maximum absolute atomic E-state index is 12.6. The van der Waals surface area contributed by atoms with Gasteiger partial charge in [-0.1, -0.05) is 20.3 Å². The molecular formula is C17H26N4O2. The van der Waals surface area contributed by atoms with Crippen molar-refractivity contribution in [1.82, 2.24) is 15.1 Å². The zero-order chi connectivity index (χ0) is 16.4. The summed E-state index contributed by atoms with van der Waals surface area (Å²) in [6, 6.07) is 1.52. The van der Waals surface area contributed by atoms with Crippen molar-refractivity contribution in [3.05, 3.63) is 11.8 Å². The van der Waals surface area contributed by atoms with Gasteiger partial charge in [-0.15, -0.1) is 0 Å². The lowest BCUT2D eigenvalue weighted by Gasteiger charge is -2.34. The summed E-state index contributed by atoms with van der Waals surface area (Å²) < 4.78 is 0. The van der Waals surface area contributed by atoms with Crippen LogP contribution in [0, 0.1) is 11.8 Å². The highest BCUT2D eigenvalue weighted by molar-refractivity contribution is 5.97. The van der Waals surface area contributed by atoms with E-state index in [0.29, 0.717) is 18.3 Å². The highest BCUT2D eigenvalue weighted by Gasteiger charge is 2.44. The summed E-state index contributed by atoms with van der Waals surface area (Å²) in [6.07, 6.45) is 5.62. The molecule has 2 amide bonds. The summed E-state index contributed by atoms with van der Waals surface area (Å²) in [7, 11) is 0. The van der Waals surface area contributed by atoms with Crippen molar-refractivity contribution in [1.29, 1.82) is 0 Å². The minimum atomic E-state index is -0.352. The number of rotatable bonds is 5. The van der Waals surface area contributed by atoms with E-state index in [4.69, 9.17) is 0 Å². The lowest BCUT2D eigenvalue weighted by molar-refractivity contribution is -0.141. The number of hydrogen-bond donors (Lipinski definition) is 2. The number of anilines is 1. The zero-order valence-corrected chi connectivity index (χ0v) is 14.0. The van der Waals surface area contributed by atoms with E-state index >= 15 is 0 Å². The number of amides is 2. The van der Waals surface area contributed by atoms with Crippen LogP contribution in [0.15, 0.2) is 6.07 Å². The van der Waals surface area contributed by atoms with E-state index in [0.717, 1.165) is 44.2 Å². The summed E-state index contributed by atoms with van der Waals surface area (Å²) in [4.78, 5) is 27.0. The molecule has 1 aromatic rings. The molecule has 0 aromatic carbocycles. The van der Waals surface area contributed by atoms with Gasteiger partial charge in [-0.25, -0.2) is 0 Å². The van der Waals surface area contributed by atoms with Gasteiger partial charge in [0.25, 0.3) is 0 Å². The Kier molecular flexibility index (Phi) is 4.68. The summed E-state index contributed by atoms with van der Waals surface area (Å²) in [5, 5.41) is 9.95. The average molecular weight is 318 g/mol. The molecule has 0 radical (unpaired) electrons. The van der Waals surface area contributed by atoms with Crippen molar-refractivity contribution in [3.8, 4) is 0 Å². The standard InChI is InChI=1S/C17H26N4O2/c1-3-6-12-10-15(20-19-12)18-16(22)14-7-4-5-8-21(14)17(23)13-9-11(13)2/h10-11,13-14H,3-9H2,1-2H3,(H2,18,19,20,22). The van der Waals surface area contributed by atoms with Gasteiger partial charge in [-0.05, 0) is 38.0 Å². The molecule has 2 aliphatic rings. The molecule has 126 valence electrons. The number of hydrogen-bond acceptors (Lipinski definition) is 3. The molecule has 1 saturated carbocycles. The van der Waals surface area contributed by atoms with Crippen molar-refractivity contribution in [3.63, 3.8) is 0 Å². The normalized spacial score (nSPS) is 26.9. The van der Waals surface area contributed by atoms with Crippen LogP contribution in [0.25, 0.3) is 0 Å². The molecule has 1 aromatic heterocycles. The number of nitrogens with zero attached hydrogens (tertiary/aromatic N) is 2. The van der Waals surface area contributed by atoms with E-state index in [1.54, 1.807) is 4.90 Å². The predicted molar refractivity (Wildman–Crippen MR) is 87.8 cm³/mol. The third-order valence-electron chi connectivity index (χ3n) is 4.92. The highest BCUT2D eigenvalue weighted by Crippen LogP contribution is 2.40. The van der Waals surface area contributed by atoms with E-state index in [2.05, 4.69) is 29.4 Å².